The maximum Gasteiger partial charge on any atom is 0.0216 e. The highest BCUT2D eigenvalue weighted by Gasteiger charge is 2.18. The largest absolute Gasteiger partial charge is 0.271 e. The first kappa shape index (κ1) is 13.4. The number of hydrogen-bond acceptors (Lipinski definition) is 4. The second-order valence-electron chi connectivity index (χ2n) is 4.83. The van der Waals surface area contributed by atoms with Crippen LogP contribution in [0.3, 0.4) is 0 Å². The van der Waals surface area contributed by atoms with E-state index in [0.29, 0.717) is 6.04 Å². The zero-order valence-electron chi connectivity index (χ0n) is 10.2. The fraction of sp³-hybridized carbons (Fsp3) is 0.692. The van der Waals surface area contributed by atoms with Crippen molar-refractivity contribution in [3.63, 3.8) is 0 Å². The first-order valence-electron chi connectivity index (χ1n) is 6.43. The van der Waals surface area contributed by atoms with Gasteiger partial charge >= 0.3 is 0 Å². The van der Waals surface area contributed by atoms with Crippen molar-refractivity contribution in [1.29, 1.82) is 0 Å². The van der Waals surface area contributed by atoms with Gasteiger partial charge in [0.1, 0.15) is 0 Å². The molecule has 0 amide bonds. The van der Waals surface area contributed by atoms with Gasteiger partial charge in [-0.1, -0.05) is 0 Å². The molecule has 4 heteroatoms. The highest BCUT2D eigenvalue weighted by atomic mass is 32.2. The number of nitrogens with two attached hydrogens (primary N) is 1. The molecule has 1 aromatic rings. The van der Waals surface area contributed by atoms with Gasteiger partial charge in [-0.3, -0.25) is 11.3 Å². The van der Waals surface area contributed by atoms with Crippen molar-refractivity contribution in [2.45, 2.75) is 38.1 Å². The van der Waals surface area contributed by atoms with Crippen LogP contribution in [-0.4, -0.2) is 17.5 Å². The van der Waals surface area contributed by atoms with Crippen LogP contribution in [0.25, 0.3) is 0 Å². The third kappa shape index (κ3) is 4.62. The van der Waals surface area contributed by atoms with E-state index < -0.39 is 0 Å². The average Bonchev–Trinajstić information content (AvgIpc) is 2.89. The molecular weight excluding hydrogens is 248 g/mol. The number of hydrogen-bond donors (Lipinski definition) is 2. The summed E-state index contributed by atoms with van der Waals surface area (Å²) in [6.45, 7) is 0. The Morgan fingerprint density at radius 2 is 2.24 bits per heavy atom. The third-order valence-electron chi connectivity index (χ3n) is 3.56. The number of rotatable bonds is 6. The quantitative estimate of drug-likeness (QED) is 0.616. The van der Waals surface area contributed by atoms with E-state index >= 15 is 0 Å². The summed E-state index contributed by atoms with van der Waals surface area (Å²) in [5, 5.41) is 4.39. The number of thiophene rings is 1. The van der Waals surface area contributed by atoms with Gasteiger partial charge in [-0.25, -0.2) is 0 Å². The van der Waals surface area contributed by atoms with Gasteiger partial charge in [-0.05, 0) is 71.9 Å². The molecule has 2 rings (SSSR count). The molecule has 0 bridgehead atoms. The number of hydrazine groups is 1. The van der Waals surface area contributed by atoms with Crippen LogP contribution in [0.5, 0.6) is 0 Å². The Morgan fingerprint density at radius 3 is 2.88 bits per heavy atom. The monoisotopic (exact) mass is 270 g/mol. The lowest BCUT2D eigenvalue weighted by Crippen LogP contribution is -2.37. The molecule has 1 fully saturated rings. The molecule has 3 N–H and O–H groups in total. The molecule has 0 saturated carbocycles. The molecule has 0 aromatic carbocycles. The van der Waals surface area contributed by atoms with E-state index in [0.717, 1.165) is 18.8 Å². The summed E-state index contributed by atoms with van der Waals surface area (Å²) < 4.78 is 0. The van der Waals surface area contributed by atoms with Gasteiger partial charge in [-0.15, -0.1) is 0 Å². The molecule has 1 unspecified atom stereocenters. The van der Waals surface area contributed by atoms with Crippen molar-refractivity contribution in [1.82, 2.24) is 5.43 Å². The molecule has 2 heterocycles. The lowest BCUT2D eigenvalue weighted by atomic mass is 9.92. The van der Waals surface area contributed by atoms with Crippen LogP contribution in [0.15, 0.2) is 16.8 Å². The van der Waals surface area contributed by atoms with Crippen molar-refractivity contribution in [3.8, 4) is 0 Å². The first-order valence-corrected chi connectivity index (χ1v) is 8.53. The van der Waals surface area contributed by atoms with Crippen molar-refractivity contribution in [3.05, 3.63) is 22.4 Å². The average molecular weight is 270 g/mol. The maximum absolute atomic E-state index is 5.68. The molecule has 1 aliphatic heterocycles. The van der Waals surface area contributed by atoms with E-state index in [-0.39, 0.29) is 0 Å². The Hall–Kier alpha value is -0.0300. The van der Waals surface area contributed by atoms with E-state index in [2.05, 4.69) is 34.0 Å². The minimum Gasteiger partial charge on any atom is -0.271 e. The summed E-state index contributed by atoms with van der Waals surface area (Å²) in [6, 6.07) is 2.71. The summed E-state index contributed by atoms with van der Waals surface area (Å²) in [4.78, 5) is 0. The predicted octanol–water partition coefficient (Wildman–Crippen LogP) is 3.05. The second-order valence-corrected chi connectivity index (χ2v) is 6.83. The van der Waals surface area contributed by atoms with Crippen LogP contribution in [0.2, 0.25) is 0 Å². The van der Waals surface area contributed by atoms with Crippen LogP contribution in [-0.2, 0) is 6.42 Å². The minimum atomic E-state index is 0.489. The molecule has 1 atom stereocenters. The van der Waals surface area contributed by atoms with Gasteiger partial charge < -0.3 is 0 Å². The maximum atomic E-state index is 5.68. The zero-order valence-corrected chi connectivity index (χ0v) is 11.9. The van der Waals surface area contributed by atoms with E-state index in [1.54, 1.807) is 11.3 Å². The number of nitrogens with one attached hydrogen (secondary N) is 1. The van der Waals surface area contributed by atoms with E-state index in [9.17, 15) is 0 Å². The lowest BCUT2D eigenvalue weighted by molar-refractivity contribution is 0.354. The molecular formula is C13H22N2S2. The smallest absolute Gasteiger partial charge is 0.0216 e. The Labute approximate surface area is 112 Å². The molecule has 1 aliphatic rings. The summed E-state index contributed by atoms with van der Waals surface area (Å²) in [5.41, 5.74) is 4.46. The van der Waals surface area contributed by atoms with Crippen LogP contribution >= 0.6 is 23.1 Å². The van der Waals surface area contributed by atoms with Crippen LogP contribution in [0.4, 0.5) is 0 Å². The van der Waals surface area contributed by atoms with Crippen LogP contribution in [0, 0.1) is 5.92 Å². The van der Waals surface area contributed by atoms with Gasteiger partial charge in [0.2, 0.25) is 0 Å². The number of thioether (sulfide) groups is 1. The van der Waals surface area contributed by atoms with Gasteiger partial charge in [0.05, 0.1) is 0 Å². The van der Waals surface area contributed by atoms with Crippen molar-refractivity contribution >= 4 is 23.1 Å². The zero-order chi connectivity index (χ0) is 11.9. The molecule has 1 saturated heterocycles. The summed E-state index contributed by atoms with van der Waals surface area (Å²) in [6.07, 6.45) is 6.32. The summed E-state index contributed by atoms with van der Waals surface area (Å²) in [5.74, 6) is 9.25. The van der Waals surface area contributed by atoms with E-state index in [1.165, 1.54) is 36.3 Å². The normalized spacial score (nSPS) is 19.4. The SMILES string of the molecule is NNC(CCc1ccsc1)CC1CCSCC1. The van der Waals surface area contributed by atoms with E-state index in [1.807, 2.05) is 0 Å². The van der Waals surface area contributed by atoms with Gasteiger partial charge in [-0.2, -0.15) is 23.1 Å². The van der Waals surface area contributed by atoms with Crippen LogP contribution in [0.1, 0.15) is 31.2 Å². The molecule has 0 aliphatic carbocycles. The molecule has 96 valence electrons. The van der Waals surface area contributed by atoms with E-state index in [4.69, 9.17) is 5.84 Å². The Balaban J connectivity index is 1.72. The predicted molar refractivity (Wildman–Crippen MR) is 78.4 cm³/mol. The van der Waals surface area contributed by atoms with Gasteiger partial charge in [0, 0.05) is 6.04 Å². The fourth-order valence-electron chi connectivity index (χ4n) is 2.43. The highest BCUT2D eigenvalue weighted by molar-refractivity contribution is 7.99. The minimum absolute atomic E-state index is 0.489. The van der Waals surface area contributed by atoms with Crippen molar-refractivity contribution in [2.24, 2.45) is 11.8 Å². The number of aryl methyl sites for hydroxylation is 1. The highest BCUT2D eigenvalue weighted by Crippen LogP contribution is 2.27. The molecule has 2 nitrogen and oxygen atoms in total. The standard InChI is InChI=1S/C13H22N2S2/c14-15-13(2-1-12-5-8-17-10-12)9-11-3-6-16-7-4-11/h5,8,10-11,13,15H,1-4,6-7,9,14H2. The van der Waals surface area contributed by atoms with Crippen molar-refractivity contribution in [2.75, 3.05) is 11.5 Å². The van der Waals surface area contributed by atoms with Gasteiger partial charge in [0.25, 0.3) is 0 Å². The lowest BCUT2D eigenvalue weighted by Gasteiger charge is -2.25. The summed E-state index contributed by atoms with van der Waals surface area (Å²) >= 11 is 3.87. The Kier molecular flexibility index (Phi) is 5.85. The van der Waals surface area contributed by atoms with Crippen molar-refractivity contribution < 1.29 is 0 Å². The molecule has 1 aromatic heterocycles. The third-order valence-corrected chi connectivity index (χ3v) is 5.34. The molecule has 17 heavy (non-hydrogen) atoms. The Bertz CT molecular complexity index is 294. The Morgan fingerprint density at radius 1 is 1.41 bits per heavy atom. The topological polar surface area (TPSA) is 38.0 Å². The van der Waals surface area contributed by atoms with Gasteiger partial charge in [0.15, 0.2) is 0 Å². The molecule has 0 radical (unpaired) electrons. The first-order chi connectivity index (χ1) is 8.38. The van der Waals surface area contributed by atoms with Crippen LogP contribution < -0.4 is 11.3 Å². The summed E-state index contributed by atoms with van der Waals surface area (Å²) in [7, 11) is 0. The second kappa shape index (κ2) is 7.41. The fourth-order valence-corrected chi connectivity index (χ4v) is 4.34. The molecule has 0 spiro atoms.